The zero-order valence-corrected chi connectivity index (χ0v) is 18.5. The first-order valence-corrected chi connectivity index (χ1v) is 11.6. The second-order valence-corrected chi connectivity index (χ2v) is 8.89. The molecule has 1 aliphatic carbocycles. The van der Waals surface area contributed by atoms with E-state index in [1.54, 1.807) is 21.7 Å². The topological polar surface area (TPSA) is 111 Å². The predicted octanol–water partition coefficient (Wildman–Crippen LogP) is 2.74. The molecule has 2 fully saturated rings. The van der Waals surface area contributed by atoms with E-state index in [1.165, 1.54) is 18.4 Å². The van der Waals surface area contributed by atoms with Gasteiger partial charge in [0.25, 0.3) is 5.91 Å². The van der Waals surface area contributed by atoms with Crippen LogP contribution in [0.4, 0.5) is 4.79 Å². The zero-order valence-electron chi connectivity index (χ0n) is 17.7. The van der Waals surface area contributed by atoms with E-state index in [-0.39, 0.29) is 18.1 Å². The number of ether oxygens (including phenoxy) is 2. The Kier molecular flexibility index (Phi) is 5.64. The van der Waals surface area contributed by atoms with Gasteiger partial charge >= 0.3 is 6.09 Å². The Morgan fingerprint density at radius 3 is 2.72 bits per heavy atom. The lowest BCUT2D eigenvalue weighted by molar-refractivity contribution is 0.0695. The van der Waals surface area contributed by atoms with Crippen molar-refractivity contribution in [2.75, 3.05) is 20.2 Å². The molecule has 1 saturated heterocycles. The molecule has 5 rings (SSSR count). The quantitative estimate of drug-likeness (QED) is 0.628. The fourth-order valence-electron chi connectivity index (χ4n) is 3.87. The SMILES string of the molecule is COC(=O)NC1CCN(C(=O)c2cc(OC3CCC3)nc(-c3cnn4ccsc34)n2)CC1. The Labute approximate surface area is 188 Å². The molecule has 0 unspecified atom stereocenters. The zero-order chi connectivity index (χ0) is 22.1. The molecule has 0 aromatic carbocycles. The van der Waals surface area contributed by atoms with Gasteiger partial charge in [-0.05, 0) is 32.1 Å². The number of nitrogens with zero attached hydrogens (tertiary/aromatic N) is 5. The van der Waals surface area contributed by atoms with Crippen molar-refractivity contribution < 1.29 is 19.1 Å². The lowest BCUT2D eigenvalue weighted by Crippen LogP contribution is -2.46. The molecule has 1 N–H and O–H groups in total. The number of methoxy groups -OCH3 is 1. The van der Waals surface area contributed by atoms with Gasteiger partial charge in [0.05, 0.1) is 18.9 Å². The van der Waals surface area contributed by atoms with Crippen LogP contribution in [0.2, 0.25) is 0 Å². The van der Waals surface area contributed by atoms with Gasteiger partial charge in [0.2, 0.25) is 5.88 Å². The highest BCUT2D eigenvalue weighted by Gasteiger charge is 2.28. The van der Waals surface area contributed by atoms with Crippen LogP contribution in [0.5, 0.6) is 5.88 Å². The largest absolute Gasteiger partial charge is 0.474 e. The van der Waals surface area contributed by atoms with E-state index in [9.17, 15) is 9.59 Å². The fourth-order valence-corrected chi connectivity index (χ4v) is 4.66. The van der Waals surface area contributed by atoms with Crippen molar-refractivity contribution in [2.24, 2.45) is 0 Å². The van der Waals surface area contributed by atoms with Gasteiger partial charge in [0, 0.05) is 36.8 Å². The summed E-state index contributed by atoms with van der Waals surface area (Å²) in [6, 6.07) is 1.63. The van der Waals surface area contributed by atoms with E-state index >= 15 is 0 Å². The lowest BCUT2D eigenvalue weighted by atomic mass is 9.96. The second kappa shape index (κ2) is 8.73. The maximum Gasteiger partial charge on any atom is 0.407 e. The standard InChI is InChI=1S/C21H24N6O4S/c1-30-21(29)23-13-5-7-26(8-6-13)19(28)16-11-17(31-14-3-2-4-14)25-18(24-16)15-12-22-27-9-10-32-20(15)27/h9-14H,2-8H2,1H3,(H,23,29). The van der Waals surface area contributed by atoms with Crippen LogP contribution in [0, 0.1) is 0 Å². The van der Waals surface area contributed by atoms with Crippen molar-refractivity contribution in [2.45, 2.75) is 44.2 Å². The van der Waals surface area contributed by atoms with Gasteiger partial charge in [-0.15, -0.1) is 11.3 Å². The minimum Gasteiger partial charge on any atom is -0.474 e. The molecule has 2 amide bonds. The van der Waals surface area contributed by atoms with E-state index in [0.29, 0.717) is 43.3 Å². The number of alkyl carbamates (subject to hydrolysis) is 1. The van der Waals surface area contributed by atoms with Crippen LogP contribution in [0.3, 0.4) is 0 Å². The van der Waals surface area contributed by atoms with E-state index in [0.717, 1.165) is 29.7 Å². The van der Waals surface area contributed by atoms with Gasteiger partial charge in [0.1, 0.15) is 16.6 Å². The third-order valence-electron chi connectivity index (χ3n) is 5.92. The number of nitrogens with one attached hydrogen (secondary N) is 1. The summed E-state index contributed by atoms with van der Waals surface area (Å²) >= 11 is 1.54. The summed E-state index contributed by atoms with van der Waals surface area (Å²) in [7, 11) is 1.34. The second-order valence-electron chi connectivity index (χ2n) is 8.00. The Balaban J connectivity index is 1.39. The number of likely N-dealkylation sites (tertiary alicyclic amines) is 1. The van der Waals surface area contributed by atoms with Crippen molar-refractivity contribution in [3.8, 4) is 17.3 Å². The average Bonchev–Trinajstić information content (AvgIpc) is 3.40. The van der Waals surface area contributed by atoms with E-state index in [2.05, 4.69) is 25.1 Å². The molecular formula is C21H24N6O4S. The molecule has 3 aromatic rings. The first-order valence-electron chi connectivity index (χ1n) is 10.7. The van der Waals surface area contributed by atoms with E-state index < -0.39 is 6.09 Å². The molecule has 0 bridgehead atoms. The van der Waals surface area contributed by atoms with Gasteiger partial charge in [-0.25, -0.2) is 14.3 Å². The van der Waals surface area contributed by atoms with E-state index in [1.807, 2.05) is 11.6 Å². The Morgan fingerprint density at radius 1 is 1.19 bits per heavy atom. The minimum atomic E-state index is -0.450. The van der Waals surface area contributed by atoms with Gasteiger partial charge < -0.3 is 19.7 Å². The summed E-state index contributed by atoms with van der Waals surface area (Å²) in [5.41, 5.74) is 1.08. The fraction of sp³-hybridized carbons (Fsp3) is 0.476. The highest BCUT2D eigenvalue weighted by atomic mass is 32.1. The number of hydrogen-bond acceptors (Lipinski definition) is 8. The first kappa shape index (κ1) is 20.7. The van der Waals surface area contributed by atoms with Crippen LogP contribution >= 0.6 is 11.3 Å². The summed E-state index contributed by atoms with van der Waals surface area (Å²) in [6.07, 6.45) is 7.71. The summed E-state index contributed by atoms with van der Waals surface area (Å²) in [5, 5.41) is 9.09. The summed E-state index contributed by atoms with van der Waals surface area (Å²) in [6.45, 7) is 1.04. The summed E-state index contributed by atoms with van der Waals surface area (Å²) in [4.78, 5) is 36.6. The van der Waals surface area contributed by atoms with Gasteiger partial charge in [0.15, 0.2) is 5.82 Å². The molecule has 0 radical (unpaired) electrons. The predicted molar refractivity (Wildman–Crippen MR) is 117 cm³/mol. The van der Waals surface area contributed by atoms with Crippen molar-refractivity contribution in [3.05, 3.63) is 29.5 Å². The number of rotatable bonds is 5. The third kappa shape index (κ3) is 4.12. The Bertz CT molecular complexity index is 1130. The number of carbonyl (C=O) groups is 2. The highest BCUT2D eigenvalue weighted by molar-refractivity contribution is 7.16. The number of fused-ring (bicyclic) bond motifs is 1. The third-order valence-corrected chi connectivity index (χ3v) is 6.81. The number of piperidine rings is 1. The molecular weight excluding hydrogens is 432 g/mol. The number of amides is 2. The van der Waals surface area contributed by atoms with Gasteiger partial charge in [-0.3, -0.25) is 4.79 Å². The number of thiazole rings is 1. The lowest BCUT2D eigenvalue weighted by Gasteiger charge is -2.32. The molecule has 11 heteroatoms. The Hall–Kier alpha value is -3.21. The number of aromatic nitrogens is 4. The van der Waals surface area contributed by atoms with Crippen molar-refractivity contribution in [1.82, 2.24) is 29.8 Å². The van der Waals surface area contributed by atoms with Gasteiger partial charge in [-0.2, -0.15) is 10.1 Å². The number of hydrogen-bond donors (Lipinski definition) is 1. The molecule has 4 heterocycles. The minimum absolute atomic E-state index is 0.00972. The van der Waals surface area contributed by atoms with Crippen LogP contribution in [-0.4, -0.2) is 68.8 Å². The monoisotopic (exact) mass is 456 g/mol. The van der Waals surface area contributed by atoms with Crippen molar-refractivity contribution in [3.63, 3.8) is 0 Å². The van der Waals surface area contributed by atoms with Crippen LogP contribution < -0.4 is 10.1 Å². The molecule has 1 saturated carbocycles. The van der Waals surface area contributed by atoms with Crippen LogP contribution in [0.1, 0.15) is 42.6 Å². The van der Waals surface area contributed by atoms with Crippen LogP contribution in [0.15, 0.2) is 23.8 Å². The maximum absolute atomic E-state index is 13.3. The Morgan fingerprint density at radius 2 is 2.00 bits per heavy atom. The molecule has 0 atom stereocenters. The molecule has 1 aliphatic heterocycles. The van der Waals surface area contributed by atoms with Crippen LogP contribution in [-0.2, 0) is 4.74 Å². The molecule has 2 aliphatic rings. The van der Waals surface area contributed by atoms with E-state index in [4.69, 9.17) is 4.74 Å². The first-order chi connectivity index (χ1) is 15.6. The molecule has 10 nitrogen and oxygen atoms in total. The molecule has 168 valence electrons. The van der Waals surface area contributed by atoms with Gasteiger partial charge in [-0.1, -0.05) is 0 Å². The van der Waals surface area contributed by atoms with Crippen LogP contribution in [0.25, 0.3) is 16.2 Å². The number of carbonyl (C=O) groups excluding carboxylic acids is 2. The average molecular weight is 457 g/mol. The van der Waals surface area contributed by atoms with Crippen molar-refractivity contribution in [1.29, 1.82) is 0 Å². The molecule has 0 spiro atoms. The highest BCUT2D eigenvalue weighted by Crippen LogP contribution is 2.29. The summed E-state index contributed by atoms with van der Waals surface area (Å²) in [5.74, 6) is 0.685. The molecule has 3 aromatic heterocycles. The summed E-state index contributed by atoms with van der Waals surface area (Å²) < 4.78 is 12.5. The normalized spacial score (nSPS) is 17.2. The maximum atomic E-state index is 13.3. The smallest absolute Gasteiger partial charge is 0.407 e. The van der Waals surface area contributed by atoms with Crippen molar-refractivity contribution >= 4 is 28.2 Å². The molecule has 32 heavy (non-hydrogen) atoms.